The van der Waals surface area contributed by atoms with E-state index in [2.05, 4.69) is 17.4 Å². The Balaban J connectivity index is 1.39. The van der Waals surface area contributed by atoms with Crippen LogP contribution in [0, 0.1) is 0 Å². The standard InChI is InChI=1S/C31H33NO4S/c1-37(34,35)28-13-7-23(8-14-28)29-15-9-24-21-26(33)10-16-30(24)31(29)20-22-5-11-27(12-6-22)36-19-17-25-4-2-3-18-32-25/h5-16,21,25,32-33H,2-4,17-20H2,1H3. The van der Waals surface area contributed by atoms with E-state index in [1.807, 2.05) is 42.5 Å². The van der Waals surface area contributed by atoms with Crippen molar-refractivity contribution in [3.05, 3.63) is 90.0 Å². The number of nitrogens with one attached hydrogen (secondary N) is 1. The first-order valence-corrected chi connectivity index (χ1v) is 14.8. The zero-order chi connectivity index (χ0) is 25.8. The average Bonchev–Trinajstić information content (AvgIpc) is 2.90. The van der Waals surface area contributed by atoms with Gasteiger partial charge in [-0.1, -0.05) is 48.9 Å². The molecule has 1 fully saturated rings. The fraction of sp³-hybridized carbons (Fsp3) is 0.290. The maximum Gasteiger partial charge on any atom is 0.175 e. The van der Waals surface area contributed by atoms with E-state index < -0.39 is 9.84 Å². The Morgan fingerprint density at radius 2 is 1.73 bits per heavy atom. The lowest BCUT2D eigenvalue weighted by atomic mass is 9.90. The van der Waals surface area contributed by atoms with E-state index in [4.69, 9.17) is 4.74 Å². The highest BCUT2D eigenvalue weighted by Crippen LogP contribution is 2.34. The summed E-state index contributed by atoms with van der Waals surface area (Å²) < 4.78 is 29.9. The molecule has 1 unspecified atom stereocenters. The van der Waals surface area contributed by atoms with E-state index in [0.717, 1.165) is 51.7 Å². The van der Waals surface area contributed by atoms with Gasteiger partial charge in [-0.25, -0.2) is 8.42 Å². The lowest BCUT2D eigenvalue weighted by Crippen LogP contribution is -2.35. The molecular formula is C31H33NO4S. The fourth-order valence-electron chi connectivity index (χ4n) is 5.12. The molecule has 1 saturated heterocycles. The number of rotatable bonds is 8. The molecule has 0 spiro atoms. The van der Waals surface area contributed by atoms with Crippen LogP contribution in [0.4, 0.5) is 0 Å². The van der Waals surface area contributed by atoms with E-state index in [1.54, 1.807) is 24.3 Å². The molecule has 0 saturated carbocycles. The van der Waals surface area contributed by atoms with Crippen molar-refractivity contribution >= 4 is 20.6 Å². The van der Waals surface area contributed by atoms with Crippen molar-refractivity contribution in [2.75, 3.05) is 19.4 Å². The number of hydrogen-bond acceptors (Lipinski definition) is 5. The molecule has 0 bridgehead atoms. The van der Waals surface area contributed by atoms with Gasteiger partial charge in [0.25, 0.3) is 0 Å². The lowest BCUT2D eigenvalue weighted by molar-refractivity contribution is 0.268. The van der Waals surface area contributed by atoms with E-state index in [1.165, 1.54) is 25.5 Å². The summed E-state index contributed by atoms with van der Waals surface area (Å²) in [6.07, 6.45) is 6.72. The average molecular weight is 516 g/mol. The molecule has 1 atom stereocenters. The Bertz CT molecular complexity index is 1470. The van der Waals surface area contributed by atoms with Crippen LogP contribution in [-0.4, -0.2) is 39.0 Å². The highest BCUT2D eigenvalue weighted by atomic mass is 32.2. The molecular weight excluding hydrogens is 482 g/mol. The summed E-state index contributed by atoms with van der Waals surface area (Å²) >= 11 is 0. The summed E-state index contributed by atoms with van der Waals surface area (Å²) in [4.78, 5) is 0.304. The van der Waals surface area contributed by atoms with Crippen LogP contribution in [0.25, 0.3) is 21.9 Å². The molecule has 2 N–H and O–H groups in total. The molecule has 1 aliphatic heterocycles. The van der Waals surface area contributed by atoms with Crippen molar-refractivity contribution in [2.45, 2.75) is 43.0 Å². The van der Waals surface area contributed by atoms with Crippen molar-refractivity contribution in [3.8, 4) is 22.6 Å². The number of ether oxygens (including phenoxy) is 1. The van der Waals surface area contributed by atoms with Crippen molar-refractivity contribution < 1.29 is 18.3 Å². The van der Waals surface area contributed by atoms with Gasteiger partial charge in [-0.2, -0.15) is 0 Å². The molecule has 1 aliphatic rings. The predicted molar refractivity (Wildman–Crippen MR) is 149 cm³/mol. The lowest BCUT2D eigenvalue weighted by Gasteiger charge is -2.23. The van der Waals surface area contributed by atoms with Gasteiger partial charge < -0.3 is 15.2 Å². The summed E-state index contributed by atoms with van der Waals surface area (Å²) in [6.45, 7) is 1.81. The zero-order valence-electron chi connectivity index (χ0n) is 21.1. The van der Waals surface area contributed by atoms with Crippen LogP contribution in [0.2, 0.25) is 0 Å². The maximum absolute atomic E-state index is 11.9. The number of benzene rings is 4. The van der Waals surface area contributed by atoms with Gasteiger partial charge in [0.2, 0.25) is 0 Å². The predicted octanol–water partition coefficient (Wildman–Crippen LogP) is 6.12. The van der Waals surface area contributed by atoms with Gasteiger partial charge >= 0.3 is 0 Å². The summed E-state index contributed by atoms with van der Waals surface area (Å²) in [6, 6.07) is 25.3. The smallest absolute Gasteiger partial charge is 0.175 e. The number of phenols is 1. The highest BCUT2D eigenvalue weighted by molar-refractivity contribution is 7.90. The van der Waals surface area contributed by atoms with E-state index in [9.17, 15) is 13.5 Å². The quantitative estimate of drug-likeness (QED) is 0.296. The number of piperidine rings is 1. The first kappa shape index (κ1) is 25.3. The van der Waals surface area contributed by atoms with Gasteiger partial charge in [0.1, 0.15) is 11.5 Å². The van der Waals surface area contributed by atoms with Gasteiger partial charge in [-0.05, 0) is 102 Å². The molecule has 4 aromatic carbocycles. The van der Waals surface area contributed by atoms with Gasteiger partial charge in [-0.3, -0.25) is 0 Å². The molecule has 4 aromatic rings. The molecule has 5 rings (SSSR count). The van der Waals surface area contributed by atoms with Crippen LogP contribution >= 0.6 is 0 Å². The Hall–Kier alpha value is -3.35. The van der Waals surface area contributed by atoms with Gasteiger partial charge in [0.05, 0.1) is 11.5 Å². The third kappa shape index (κ3) is 6.14. The van der Waals surface area contributed by atoms with E-state index in [-0.39, 0.29) is 5.75 Å². The summed E-state index contributed by atoms with van der Waals surface area (Å²) in [5.74, 6) is 1.10. The van der Waals surface area contributed by atoms with Gasteiger partial charge in [-0.15, -0.1) is 0 Å². The summed E-state index contributed by atoms with van der Waals surface area (Å²) in [5, 5.41) is 15.6. The fourth-order valence-corrected chi connectivity index (χ4v) is 5.75. The minimum atomic E-state index is -3.26. The zero-order valence-corrected chi connectivity index (χ0v) is 21.9. The van der Waals surface area contributed by atoms with E-state index in [0.29, 0.717) is 24.0 Å². The number of phenolic OH excluding ortho intramolecular Hbond substituents is 1. The number of aromatic hydroxyl groups is 1. The number of hydrogen-bond donors (Lipinski definition) is 2. The van der Waals surface area contributed by atoms with Crippen molar-refractivity contribution in [1.82, 2.24) is 5.32 Å². The highest BCUT2D eigenvalue weighted by Gasteiger charge is 2.14. The largest absolute Gasteiger partial charge is 0.508 e. The Morgan fingerprint density at radius 1 is 0.946 bits per heavy atom. The Kier molecular flexibility index (Phi) is 7.49. The van der Waals surface area contributed by atoms with E-state index >= 15 is 0 Å². The number of fused-ring (bicyclic) bond motifs is 1. The third-order valence-electron chi connectivity index (χ3n) is 7.16. The van der Waals surface area contributed by atoms with Crippen molar-refractivity contribution in [3.63, 3.8) is 0 Å². The molecule has 0 amide bonds. The molecule has 1 heterocycles. The minimum Gasteiger partial charge on any atom is -0.508 e. The maximum atomic E-state index is 11.9. The second kappa shape index (κ2) is 11.0. The van der Waals surface area contributed by atoms with Crippen molar-refractivity contribution in [2.24, 2.45) is 0 Å². The second-order valence-corrected chi connectivity index (χ2v) is 11.9. The van der Waals surface area contributed by atoms with Crippen LogP contribution in [0.15, 0.2) is 83.8 Å². The number of sulfone groups is 1. The Morgan fingerprint density at radius 3 is 2.43 bits per heavy atom. The molecule has 192 valence electrons. The normalized spacial score (nSPS) is 16.1. The summed E-state index contributed by atoms with van der Waals surface area (Å²) in [5.41, 5.74) is 4.27. The van der Waals surface area contributed by atoms with Crippen LogP contribution < -0.4 is 10.1 Å². The molecule has 6 heteroatoms. The van der Waals surface area contributed by atoms with Crippen LogP contribution in [0.1, 0.15) is 36.8 Å². The molecule has 5 nitrogen and oxygen atoms in total. The minimum absolute atomic E-state index is 0.230. The third-order valence-corrected chi connectivity index (χ3v) is 8.29. The first-order valence-electron chi connectivity index (χ1n) is 12.9. The molecule has 37 heavy (non-hydrogen) atoms. The Labute approximate surface area is 219 Å². The second-order valence-electron chi connectivity index (χ2n) is 9.90. The first-order chi connectivity index (χ1) is 17.9. The topological polar surface area (TPSA) is 75.6 Å². The summed E-state index contributed by atoms with van der Waals surface area (Å²) in [7, 11) is -3.26. The van der Waals surface area contributed by atoms with Crippen LogP contribution in [-0.2, 0) is 16.3 Å². The van der Waals surface area contributed by atoms with Gasteiger partial charge in [0.15, 0.2) is 9.84 Å². The monoisotopic (exact) mass is 515 g/mol. The molecule has 0 radical (unpaired) electrons. The van der Waals surface area contributed by atoms with Crippen molar-refractivity contribution in [1.29, 1.82) is 0 Å². The van der Waals surface area contributed by atoms with Crippen LogP contribution in [0.3, 0.4) is 0 Å². The van der Waals surface area contributed by atoms with Crippen LogP contribution in [0.5, 0.6) is 11.5 Å². The molecule has 0 aromatic heterocycles. The molecule has 0 aliphatic carbocycles. The van der Waals surface area contributed by atoms with Gasteiger partial charge in [0, 0.05) is 12.3 Å². The SMILES string of the molecule is CS(=O)(=O)c1ccc(-c2ccc3cc(O)ccc3c2Cc2ccc(OCCC3CCCCN3)cc2)cc1.